The van der Waals surface area contributed by atoms with Crippen LogP contribution in [0.1, 0.15) is 59.6 Å². The van der Waals surface area contributed by atoms with Crippen LogP contribution in [-0.2, 0) is 12.8 Å². The fourth-order valence-corrected chi connectivity index (χ4v) is 3.93. The molecular weight excluding hydrogens is 334 g/mol. The molecule has 1 aliphatic rings. The van der Waals surface area contributed by atoms with Crippen molar-refractivity contribution in [1.29, 1.82) is 0 Å². The van der Waals surface area contributed by atoms with Gasteiger partial charge in [0.25, 0.3) is 0 Å². The highest BCUT2D eigenvalue weighted by atomic mass is 15.0. The van der Waals surface area contributed by atoms with Crippen LogP contribution in [0, 0.1) is 6.92 Å². The molecule has 5 heteroatoms. The second-order valence-electron chi connectivity index (χ2n) is 7.16. The number of piperidine rings is 1. The van der Waals surface area contributed by atoms with Crippen molar-refractivity contribution in [1.82, 2.24) is 25.3 Å². The largest absolute Gasteiger partial charge is 0.300 e. The summed E-state index contributed by atoms with van der Waals surface area (Å²) < 4.78 is 0. The summed E-state index contributed by atoms with van der Waals surface area (Å²) >= 11 is 0. The van der Waals surface area contributed by atoms with Crippen LogP contribution in [0.15, 0.2) is 55.2 Å². The zero-order valence-electron chi connectivity index (χ0n) is 15.7. The minimum absolute atomic E-state index is 0.270. The Balaban J connectivity index is 1.52. The molecular formula is C22H25N5. The Kier molecular flexibility index (Phi) is 5.49. The maximum Gasteiger partial charge on any atom is 0.115 e. The molecule has 0 aromatic carbocycles. The molecule has 3 aromatic heterocycles. The minimum Gasteiger partial charge on any atom is -0.300 e. The quantitative estimate of drug-likeness (QED) is 0.748. The van der Waals surface area contributed by atoms with Crippen molar-refractivity contribution in [3.05, 3.63) is 83.5 Å². The highest BCUT2D eigenvalue weighted by Gasteiger charge is 2.27. The third kappa shape index (κ3) is 4.19. The minimum atomic E-state index is 0.270. The first-order valence-corrected chi connectivity index (χ1v) is 9.67. The lowest BCUT2D eigenvalue weighted by Gasteiger charge is -2.32. The molecule has 0 aliphatic carbocycles. The maximum absolute atomic E-state index is 4.75. The molecule has 4 heterocycles. The first-order valence-electron chi connectivity index (χ1n) is 9.67. The van der Waals surface area contributed by atoms with E-state index in [4.69, 9.17) is 4.98 Å². The predicted octanol–water partition coefficient (Wildman–Crippen LogP) is 3.92. The molecule has 0 radical (unpaired) electrons. The van der Waals surface area contributed by atoms with E-state index in [2.05, 4.69) is 39.3 Å². The summed E-state index contributed by atoms with van der Waals surface area (Å²) in [5.41, 5.74) is 5.96. The summed E-state index contributed by atoms with van der Waals surface area (Å²) in [6, 6.07) is 10.9. The zero-order chi connectivity index (χ0) is 18.5. The average molecular weight is 359 g/mol. The molecule has 0 amide bonds. The maximum atomic E-state index is 4.75. The van der Waals surface area contributed by atoms with E-state index in [0.29, 0.717) is 6.04 Å². The lowest BCUT2D eigenvalue weighted by atomic mass is 9.90. The van der Waals surface area contributed by atoms with Gasteiger partial charge in [-0.05, 0) is 68.4 Å². The van der Waals surface area contributed by atoms with E-state index in [-0.39, 0.29) is 6.04 Å². The molecule has 27 heavy (non-hydrogen) atoms. The number of nitrogens with zero attached hydrogens (tertiary/aromatic N) is 4. The molecule has 0 saturated carbocycles. The van der Waals surface area contributed by atoms with Crippen molar-refractivity contribution >= 4 is 0 Å². The van der Waals surface area contributed by atoms with Crippen LogP contribution in [0.3, 0.4) is 0 Å². The van der Waals surface area contributed by atoms with Crippen LogP contribution < -0.4 is 5.32 Å². The Morgan fingerprint density at radius 3 is 2.44 bits per heavy atom. The van der Waals surface area contributed by atoms with Crippen molar-refractivity contribution in [3.8, 4) is 0 Å². The van der Waals surface area contributed by atoms with Gasteiger partial charge >= 0.3 is 0 Å². The number of aromatic nitrogens is 4. The van der Waals surface area contributed by atoms with Crippen LogP contribution in [0.4, 0.5) is 0 Å². The standard InChI is InChI=1S/C22H25N5/c1-16-5-3-12-24-21(16)19-7-2-8-20(27-19)22-17(6-4-13-25-22)9-10-18-11-14-23-15-26-18/h3-6,11-15,19-20,27H,2,7-10H2,1H3/t19-,20+/m0/s1. The van der Waals surface area contributed by atoms with Gasteiger partial charge in [0.05, 0.1) is 23.5 Å². The number of nitrogens with one attached hydrogen (secondary N) is 1. The number of aryl methyl sites for hydroxylation is 3. The van der Waals surface area contributed by atoms with Gasteiger partial charge in [-0.25, -0.2) is 9.97 Å². The van der Waals surface area contributed by atoms with Crippen LogP contribution in [0.25, 0.3) is 0 Å². The van der Waals surface area contributed by atoms with Crippen LogP contribution in [0.5, 0.6) is 0 Å². The third-order valence-electron chi connectivity index (χ3n) is 5.32. The van der Waals surface area contributed by atoms with Crippen LogP contribution in [-0.4, -0.2) is 19.9 Å². The topological polar surface area (TPSA) is 63.6 Å². The Morgan fingerprint density at radius 1 is 0.889 bits per heavy atom. The Labute approximate surface area is 160 Å². The first-order chi connectivity index (χ1) is 13.3. The Morgan fingerprint density at radius 2 is 1.67 bits per heavy atom. The molecule has 1 saturated heterocycles. The summed E-state index contributed by atoms with van der Waals surface area (Å²) in [5, 5.41) is 3.81. The first kappa shape index (κ1) is 17.7. The van der Waals surface area contributed by atoms with Crippen molar-refractivity contribution in [2.24, 2.45) is 0 Å². The van der Waals surface area contributed by atoms with Gasteiger partial charge in [0.15, 0.2) is 0 Å². The molecule has 0 unspecified atom stereocenters. The summed E-state index contributed by atoms with van der Waals surface area (Å²) in [4.78, 5) is 17.7. The van der Waals surface area contributed by atoms with E-state index >= 15 is 0 Å². The molecule has 3 aromatic rings. The summed E-state index contributed by atoms with van der Waals surface area (Å²) in [6.07, 6.45) is 12.5. The summed E-state index contributed by atoms with van der Waals surface area (Å²) in [5.74, 6) is 0. The smallest absolute Gasteiger partial charge is 0.115 e. The Hall–Kier alpha value is -2.66. The van der Waals surface area contributed by atoms with Gasteiger partial charge in [-0.2, -0.15) is 0 Å². The van der Waals surface area contributed by atoms with Gasteiger partial charge in [-0.3, -0.25) is 9.97 Å². The van der Waals surface area contributed by atoms with Gasteiger partial charge in [0.1, 0.15) is 6.33 Å². The van der Waals surface area contributed by atoms with E-state index in [0.717, 1.165) is 31.4 Å². The van der Waals surface area contributed by atoms with Crippen LogP contribution in [0.2, 0.25) is 0 Å². The van der Waals surface area contributed by atoms with E-state index in [1.54, 1.807) is 12.5 Å². The highest BCUT2D eigenvalue weighted by molar-refractivity contribution is 5.27. The predicted molar refractivity (Wildman–Crippen MR) is 105 cm³/mol. The van der Waals surface area contributed by atoms with Gasteiger partial charge < -0.3 is 5.32 Å². The molecule has 138 valence electrons. The lowest BCUT2D eigenvalue weighted by molar-refractivity contribution is 0.319. The number of hydrogen-bond acceptors (Lipinski definition) is 5. The van der Waals surface area contributed by atoms with E-state index in [1.807, 2.05) is 30.6 Å². The van der Waals surface area contributed by atoms with Gasteiger partial charge in [0, 0.05) is 24.3 Å². The SMILES string of the molecule is Cc1cccnc1[C@@H]1CCC[C@H](c2ncccc2CCc2ccncn2)N1. The van der Waals surface area contributed by atoms with E-state index in [9.17, 15) is 0 Å². The highest BCUT2D eigenvalue weighted by Crippen LogP contribution is 2.33. The Bertz CT molecular complexity index is 881. The molecule has 1 N–H and O–H groups in total. The number of rotatable bonds is 5. The second kappa shape index (κ2) is 8.35. The fourth-order valence-electron chi connectivity index (χ4n) is 3.93. The third-order valence-corrected chi connectivity index (χ3v) is 5.32. The van der Waals surface area contributed by atoms with Crippen LogP contribution >= 0.6 is 0 Å². The molecule has 1 aliphatic heterocycles. The van der Waals surface area contributed by atoms with Gasteiger partial charge in [-0.1, -0.05) is 12.1 Å². The zero-order valence-corrected chi connectivity index (χ0v) is 15.7. The normalized spacial score (nSPS) is 19.7. The molecule has 4 rings (SSSR count). The van der Waals surface area contributed by atoms with Crippen molar-refractivity contribution in [2.75, 3.05) is 0 Å². The molecule has 0 bridgehead atoms. The lowest BCUT2D eigenvalue weighted by Crippen LogP contribution is -2.33. The number of pyridine rings is 2. The number of hydrogen-bond donors (Lipinski definition) is 1. The monoisotopic (exact) mass is 359 g/mol. The summed E-state index contributed by atoms with van der Waals surface area (Å²) in [7, 11) is 0. The van der Waals surface area contributed by atoms with Crippen molar-refractivity contribution in [3.63, 3.8) is 0 Å². The van der Waals surface area contributed by atoms with Gasteiger partial charge in [-0.15, -0.1) is 0 Å². The van der Waals surface area contributed by atoms with Crippen molar-refractivity contribution < 1.29 is 0 Å². The summed E-state index contributed by atoms with van der Waals surface area (Å²) in [6.45, 7) is 2.14. The van der Waals surface area contributed by atoms with Gasteiger partial charge in [0.2, 0.25) is 0 Å². The molecule has 0 spiro atoms. The van der Waals surface area contributed by atoms with E-state index in [1.165, 1.54) is 28.9 Å². The van der Waals surface area contributed by atoms with E-state index < -0.39 is 0 Å². The molecule has 5 nitrogen and oxygen atoms in total. The second-order valence-corrected chi connectivity index (χ2v) is 7.16. The molecule has 2 atom stereocenters. The fraction of sp³-hybridized carbons (Fsp3) is 0.364. The van der Waals surface area contributed by atoms with Crippen molar-refractivity contribution in [2.45, 2.75) is 51.1 Å². The molecule has 1 fully saturated rings. The average Bonchev–Trinajstić information content (AvgIpc) is 2.74.